The van der Waals surface area contributed by atoms with Crippen LogP contribution in [0.5, 0.6) is 0 Å². The lowest BCUT2D eigenvalue weighted by atomic mass is 10.3. The standard InChI is InChI=1S/C18H17BrN4O4S2/c1-12-11-18(21-13(2)20-12)23-29(26,27)17-9-5-15(6-10-17)22-28(24,25)16-7-3-14(19)4-8-16/h3-11,22H,1-2H3,(H,20,21,23). The number of benzene rings is 2. The molecule has 3 aromatic rings. The molecule has 0 radical (unpaired) electrons. The quantitative estimate of drug-likeness (QED) is 0.539. The molecular weight excluding hydrogens is 480 g/mol. The van der Waals surface area contributed by atoms with E-state index in [4.69, 9.17) is 0 Å². The van der Waals surface area contributed by atoms with E-state index in [1.54, 1.807) is 26.0 Å². The average molecular weight is 497 g/mol. The number of hydrogen-bond donors (Lipinski definition) is 2. The molecule has 1 aromatic heterocycles. The Morgan fingerprint density at radius 2 is 1.28 bits per heavy atom. The van der Waals surface area contributed by atoms with Gasteiger partial charge in [0.2, 0.25) is 0 Å². The maximum absolute atomic E-state index is 12.6. The Bertz CT molecular complexity index is 1220. The number of aromatic nitrogens is 2. The highest BCUT2D eigenvalue weighted by Crippen LogP contribution is 2.21. The van der Waals surface area contributed by atoms with E-state index in [-0.39, 0.29) is 21.3 Å². The minimum atomic E-state index is -3.89. The van der Waals surface area contributed by atoms with Crippen molar-refractivity contribution in [3.8, 4) is 0 Å². The molecule has 0 bridgehead atoms. The smallest absolute Gasteiger partial charge is 0.263 e. The normalized spacial score (nSPS) is 11.8. The van der Waals surface area contributed by atoms with E-state index < -0.39 is 20.0 Å². The molecule has 0 saturated heterocycles. The molecule has 11 heteroatoms. The molecule has 2 aromatic carbocycles. The van der Waals surface area contributed by atoms with E-state index in [0.717, 1.165) is 4.47 Å². The van der Waals surface area contributed by atoms with Gasteiger partial charge >= 0.3 is 0 Å². The lowest BCUT2D eigenvalue weighted by Crippen LogP contribution is -2.15. The topological polar surface area (TPSA) is 118 Å². The van der Waals surface area contributed by atoms with Gasteiger partial charge in [-0.15, -0.1) is 0 Å². The summed E-state index contributed by atoms with van der Waals surface area (Å²) in [7, 11) is -7.68. The summed E-state index contributed by atoms with van der Waals surface area (Å²) < 4.78 is 55.5. The lowest BCUT2D eigenvalue weighted by Gasteiger charge is -2.11. The van der Waals surface area contributed by atoms with E-state index in [2.05, 4.69) is 35.3 Å². The highest BCUT2D eigenvalue weighted by atomic mass is 79.9. The van der Waals surface area contributed by atoms with Gasteiger partial charge in [0, 0.05) is 21.9 Å². The minimum absolute atomic E-state index is 0.0296. The zero-order chi connectivity index (χ0) is 21.2. The van der Waals surface area contributed by atoms with E-state index in [9.17, 15) is 16.8 Å². The number of anilines is 2. The third-order valence-electron chi connectivity index (χ3n) is 3.75. The van der Waals surface area contributed by atoms with Gasteiger partial charge in [0.05, 0.1) is 9.79 Å². The zero-order valence-corrected chi connectivity index (χ0v) is 18.6. The second kappa shape index (κ2) is 8.09. The van der Waals surface area contributed by atoms with Gasteiger partial charge in [-0.2, -0.15) is 0 Å². The van der Waals surface area contributed by atoms with Gasteiger partial charge in [-0.1, -0.05) is 15.9 Å². The maximum atomic E-state index is 12.6. The van der Waals surface area contributed by atoms with Crippen LogP contribution in [0.15, 0.2) is 68.9 Å². The average Bonchev–Trinajstić information content (AvgIpc) is 2.61. The molecule has 0 fully saturated rings. The highest BCUT2D eigenvalue weighted by Gasteiger charge is 2.17. The van der Waals surface area contributed by atoms with Gasteiger partial charge in [0.15, 0.2) is 0 Å². The molecule has 0 unspecified atom stereocenters. The largest absolute Gasteiger partial charge is 0.280 e. The summed E-state index contributed by atoms with van der Waals surface area (Å²) in [6, 6.07) is 13.0. The Morgan fingerprint density at radius 3 is 1.83 bits per heavy atom. The van der Waals surface area contributed by atoms with Crippen LogP contribution >= 0.6 is 15.9 Å². The Hall–Kier alpha value is -2.50. The van der Waals surface area contributed by atoms with Crippen molar-refractivity contribution in [2.45, 2.75) is 23.6 Å². The summed E-state index contributed by atoms with van der Waals surface area (Å²) >= 11 is 3.25. The van der Waals surface area contributed by atoms with Crippen LogP contribution in [-0.4, -0.2) is 26.8 Å². The fourth-order valence-corrected chi connectivity index (χ4v) is 4.81. The molecule has 0 aliphatic carbocycles. The first-order valence-electron chi connectivity index (χ1n) is 8.29. The number of sulfonamides is 2. The molecule has 0 atom stereocenters. The second-order valence-corrected chi connectivity index (χ2v) is 10.4. The van der Waals surface area contributed by atoms with Crippen molar-refractivity contribution in [2.75, 3.05) is 9.44 Å². The van der Waals surface area contributed by atoms with Crippen molar-refractivity contribution in [1.82, 2.24) is 9.97 Å². The van der Waals surface area contributed by atoms with E-state index in [1.807, 2.05) is 0 Å². The van der Waals surface area contributed by atoms with Crippen molar-refractivity contribution in [1.29, 1.82) is 0 Å². The van der Waals surface area contributed by atoms with E-state index in [0.29, 0.717) is 11.5 Å². The SMILES string of the molecule is Cc1cc(NS(=O)(=O)c2ccc(NS(=O)(=O)c3ccc(Br)cc3)cc2)nc(C)n1. The van der Waals surface area contributed by atoms with Crippen LogP contribution in [0.1, 0.15) is 11.5 Å². The molecule has 1 heterocycles. The van der Waals surface area contributed by atoms with Crippen LogP contribution in [0, 0.1) is 13.8 Å². The molecule has 8 nitrogen and oxygen atoms in total. The number of halogens is 1. The summed E-state index contributed by atoms with van der Waals surface area (Å²) in [5.74, 6) is 0.607. The van der Waals surface area contributed by atoms with Gasteiger partial charge < -0.3 is 0 Å². The first kappa shape index (κ1) is 21.2. The van der Waals surface area contributed by atoms with Crippen molar-refractivity contribution in [3.05, 3.63) is 70.6 Å². The zero-order valence-electron chi connectivity index (χ0n) is 15.4. The van der Waals surface area contributed by atoms with E-state index in [1.165, 1.54) is 42.5 Å². The molecular formula is C18H17BrN4O4S2. The Labute approximate surface area is 177 Å². The van der Waals surface area contributed by atoms with Crippen LogP contribution < -0.4 is 9.44 Å². The third kappa shape index (κ3) is 5.31. The van der Waals surface area contributed by atoms with Crippen LogP contribution in [0.3, 0.4) is 0 Å². The summed E-state index contributed by atoms with van der Waals surface area (Å²) in [4.78, 5) is 8.21. The van der Waals surface area contributed by atoms with Gasteiger partial charge in [-0.25, -0.2) is 26.8 Å². The maximum Gasteiger partial charge on any atom is 0.263 e. The molecule has 152 valence electrons. The first-order chi connectivity index (χ1) is 13.5. The molecule has 0 spiro atoms. The summed E-state index contributed by atoms with van der Waals surface area (Å²) in [5.41, 5.74) is 0.869. The van der Waals surface area contributed by atoms with E-state index >= 15 is 0 Å². The second-order valence-electron chi connectivity index (χ2n) is 6.13. The molecule has 29 heavy (non-hydrogen) atoms. The van der Waals surface area contributed by atoms with Crippen LogP contribution in [0.25, 0.3) is 0 Å². The molecule has 0 aliphatic rings. The molecule has 0 amide bonds. The van der Waals surface area contributed by atoms with Gasteiger partial charge in [0.25, 0.3) is 20.0 Å². The Kier molecular flexibility index (Phi) is 5.92. The number of nitrogens with one attached hydrogen (secondary N) is 2. The predicted molar refractivity (Wildman–Crippen MR) is 114 cm³/mol. The Morgan fingerprint density at radius 1 is 0.759 bits per heavy atom. The fourth-order valence-electron chi connectivity index (χ4n) is 2.50. The summed E-state index contributed by atoms with van der Waals surface area (Å²) in [6.07, 6.45) is 0. The molecule has 2 N–H and O–H groups in total. The molecule has 0 aliphatic heterocycles. The number of hydrogen-bond acceptors (Lipinski definition) is 6. The van der Waals surface area contributed by atoms with Crippen molar-refractivity contribution in [2.24, 2.45) is 0 Å². The Balaban J connectivity index is 1.79. The van der Waals surface area contributed by atoms with Crippen LogP contribution in [-0.2, 0) is 20.0 Å². The van der Waals surface area contributed by atoms with Crippen molar-refractivity contribution < 1.29 is 16.8 Å². The van der Waals surface area contributed by atoms with Gasteiger partial charge in [-0.05, 0) is 62.4 Å². The van der Waals surface area contributed by atoms with Gasteiger partial charge in [-0.3, -0.25) is 9.44 Å². The number of rotatable bonds is 6. The van der Waals surface area contributed by atoms with Crippen LogP contribution in [0.2, 0.25) is 0 Å². The summed E-state index contributed by atoms with van der Waals surface area (Å²) in [6.45, 7) is 3.40. The van der Waals surface area contributed by atoms with Gasteiger partial charge in [0.1, 0.15) is 11.6 Å². The molecule has 3 rings (SSSR count). The minimum Gasteiger partial charge on any atom is -0.280 e. The summed E-state index contributed by atoms with van der Waals surface area (Å²) in [5, 5.41) is 0. The van der Waals surface area contributed by atoms with Crippen molar-refractivity contribution in [3.63, 3.8) is 0 Å². The third-order valence-corrected chi connectivity index (χ3v) is 7.04. The fraction of sp³-hybridized carbons (Fsp3) is 0.111. The van der Waals surface area contributed by atoms with Crippen LogP contribution in [0.4, 0.5) is 11.5 Å². The lowest BCUT2D eigenvalue weighted by molar-refractivity contribution is 0.600. The monoisotopic (exact) mass is 496 g/mol. The number of aryl methyl sites for hydroxylation is 2. The van der Waals surface area contributed by atoms with Crippen molar-refractivity contribution >= 4 is 47.5 Å². The first-order valence-corrected chi connectivity index (χ1v) is 12.0. The molecule has 0 saturated carbocycles. The highest BCUT2D eigenvalue weighted by molar-refractivity contribution is 9.10. The number of nitrogens with zero attached hydrogens (tertiary/aromatic N) is 2. The predicted octanol–water partition coefficient (Wildman–Crippen LogP) is 3.46.